The second-order valence-corrected chi connectivity index (χ2v) is 3.86. The molecular weight excluding hydrogens is 232 g/mol. The Labute approximate surface area is 107 Å². The summed E-state index contributed by atoms with van der Waals surface area (Å²) >= 11 is 0. The molecule has 0 spiro atoms. The van der Waals surface area contributed by atoms with Crippen LogP contribution >= 0.6 is 0 Å². The van der Waals surface area contributed by atoms with Gasteiger partial charge in [-0.3, -0.25) is 9.59 Å². The molecule has 0 aromatic heterocycles. The van der Waals surface area contributed by atoms with E-state index in [1.54, 1.807) is 24.3 Å². The van der Waals surface area contributed by atoms with Crippen LogP contribution < -0.4 is 10.6 Å². The molecule has 0 heterocycles. The second-order valence-electron chi connectivity index (χ2n) is 3.86. The lowest BCUT2D eigenvalue weighted by Crippen LogP contribution is -2.18. The summed E-state index contributed by atoms with van der Waals surface area (Å²) in [6.07, 6.45) is 0.880. The standard InChI is InChI=1S/C13H18N2O3/c1-3-7-18-9-13(17)15-12-6-4-5-11(8-12)14-10(2)16/h4-6,8H,3,7,9H2,1-2H3,(H,14,16)(H,15,17). The number of ether oxygens (including phenoxy) is 1. The quantitative estimate of drug-likeness (QED) is 0.759. The largest absolute Gasteiger partial charge is 0.372 e. The lowest BCUT2D eigenvalue weighted by molar-refractivity contribution is -0.120. The molecule has 2 N–H and O–H groups in total. The maximum absolute atomic E-state index is 11.5. The molecule has 0 saturated heterocycles. The van der Waals surface area contributed by atoms with Crippen LogP contribution in [0.3, 0.4) is 0 Å². The van der Waals surface area contributed by atoms with Crippen LogP contribution in [-0.2, 0) is 14.3 Å². The van der Waals surface area contributed by atoms with Gasteiger partial charge in [-0.15, -0.1) is 0 Å². The summed E-state index contributed by atoms with van der Waals surface area (Å²) in [5.74, 6) is -0.354. The fourth-order valence-electron chi connectivity index (χ4n) is 1.38. The Bertz CT molecular complexity index is 418. The first-order valence-corrected chi connectivity index (χ1v) is 5.87. The maximum atomic E-state index is 11.5. The first-order chi connectivity index (χ1) is 8.61. The predicted octanol–water partition coefficient (Wildman–Crippen LogP) is 2.01. The summed E-state index contributed by atoms with van der Waals surface area (Å²) in [6.45, 7) is 4.02. The van der Waals surface area contributed by atoms with E-state index in [1.165, 1.54) is 6.92 Å². The first kappa shape index (κ1) is 14.2. The zero-order valence-corrected chi connectivity index (χ0v) is 10.7. The third-order valence-electron chi connectivity index (χ3n) is 2.05. The average Bonchev–Trinajstić information content (AvgIpc) is 2.28. The molecule has 98 valence electrons. The summed E-state index contributed by atoms with van der Waals surface area (Å²) in [4.78, 5) is 22.4. The highest BCUT2D eigenvalue weighted by molar-refractivity contribution is 5.93. The van der Waals surface area contributed by atoms with E-state index in [0.29, 0.717) is 18.0 Å². The minimum Gasteiger partial charge on any atom is -0.372 e. The van der Waals surface area contributed by atoms with Crippen molar-refractivity contribution in [3.8, 4) is 0 Å². The van der Waals surface area contributed by atoms with Gasteiger partial charge in [0.05, 0.1) is 0 Å². The van der Waals surface area contributed by atoms with Gasteiger partial charge in [0.25, 0.3) is 0 Å². The van der Waals surface area contributed by atoms with E-state index in [9.17, 15) is 9.59 Å². The molecule has 0 radical (unpaired) electrons. The highest BCUT2D eigenvalue weighted by atomic mass is 16.5. The van der Waals surface area contributed by atoms with Crippen LogP contribution in [0.15, 0.2) is 24.3 Å². The topological polar surface area (TPSA) is 67.4 Å². The fraction of sp³-hybridized carbons (Fsp3) is 0.385. The first-order valence-electron chi connectivity index (χ1n) is 5.87. The molecular formula is C13H18N2O3. The van der Waals surface area contributed by atoms with E-state index in [1.807, 2.05) is 6.92 Å². The molecule has 5 nitrogen and oxygen atoms in total. The number of amides is 2. The van der Waals surface area contributed by atoms with Gasteiger partial charge >= 0.3 is 0 Å². The molecule has 1 rings (SSSR count). The second kappa shape index (κ2) is 7.45. The third kappa shape index (κ3) is 5.45. The van der Waals surface area contributed by atoms with E-state index in [4.69, 9.17) is 4.74 Å². The Balaban J connectivity index is 2.51. The molecule has 18 heavy (non-hydrogen) atoms. The van der Waals surface area contributed by atoms with E-state index >= 15 is 0 Å². The molecule has 1 aromatic carbocycles. The predicted molar refractivity (Wildman–Crippen MR) is 70.5 cm³/mol. The summed E-state index contributed by atoms with van der Waals surface area (Å²) in [6, 6.07) is 6.96. The van der Waals surface area contributed by atoms with Gasteiger partial charge in [0, 0.05) is 24.9 Å². The summed E-state index contributed by atoms with van der Waals surface area (Å²) < 4.78 is 5.13. The molecule has 0 saturated carbocycles. The maximum Gasteiger partial charge on any atom is 0.250 e. The van der Waals surface area contributed by atoms with Gasteiger partial charge in [-0.25, -0.2) is 0 Å². The van der Waals surface area contributed by atoms with Gasteiger partial charge in [-0.2, -0.15) is 0 Å². The minimum absolute atomic E-state index is 0.0399. The van der Waals surface area contributed by atoms with Crippen LogP contribution in [0.5, 0.6) is 0 Å². The number of hydrogen-bond donors (Lipinski definition) is 2. The average molecular weight is 250 g/mol. The molecule has 1 aromatic rings. The number of carbonyl (C=O) groups excluding carboxylic acids is 2. The van der Waals surface area contributed by atoms with Gasteiger partial charge in [0.15, 0.2) is 0 Å². The zero-order valence-electron chi connectivity index (χ0n) is 10.7. The molecule has 0 aliphatic carbocycles. The number of nitrogens with one attached hydrogen (secondary N) is 2. The van der Waals surface area contributed by atoms with Gasteiger partial charge in [0.1, 0.15) is 6.61 Å². The third-order valence-corrected chi connectivity index (χ3v) is 2.05. The van der Waals surface area contributed by atoms with E-state index in [2.05, 4.69) is 10.6 Å². The summed E-state index contributed by atoms with van der Waals surface area (Å²) in [7, 11) is 0. The van der Waals surface area contributed by atoms with Crippen LogP contribution in [0.1, 0.15) is 20.3 Å². The van der Waals surface area contributed by atoms with Gasteiger partial charge in [-0.1, -0.05) is 13.0 Å². The Morgan fingerprint density at radius 3 is 2.50 bits per heavy atom. The van der Waals surface area contributed by atoms with Crippen LogP contribution in [0.25, 0.3) is 0 Å². The molecule has 5 heteroatoms. The van der Waals surface area contributed by atoms with Crippen LogP contribution in [0, 0.1) is 0 Å². The van der Waals surface area contributed by atoms with Gasteiger partial charge in [0.2, 0.25) is 11.8 Å². The Hall–Kier alpha value is -1.88. The van der Waals surface area contributed by atoms with Crippen molar-refractivity contribution in [2.45, 2.75) is 20.3 Å². The Morgan fingerprint density at radius 2 is 1.89 bits per heavy atom. The zero-order chi connectivity index (χ0) is 13.4. The number of rotatable bonds is 6. The van der Waals surface area contributed by atoms with Crippen molar-refractivity contribution in [1.29, 1.82) is 0 Å². The normalized spacial score (nSPS) is 9.89. The van der Waals surface area contributed by atoms with E-state index < -0.39 is 0 Å². The molecule has 0 aliphatic rings. The molecule has 0 atom stereocenters. The smallest absolute Gasteiger partial charge is 0.250 e. The van der Waals surface area contributed by atoms with Gasteiger partial charge < -0.3 is 15.4 Å². The number of anilines is 2. The van der Waals surface area contributed by atoms with Crippen LogP contribution in [0.2, 0.25) is 0 Å². The van der Waals surface area contributed by atoms with Crippen molar-refractivity contribution < 1.29 is 14.3 Å². The Morgan fingerprint density at radius 1 is 1.22 bits per heavy atom. The highest BCUT2D eigenvalue weighted by Gasteiger charge is 2.03. The molecule has 0 bridgehead atoms. The molecule has 0 fully saturated rings. The monoisotopic (exact) mass is 250 g/mol. The van der Waals surface area contributed by atoms with Crippen molar-refractivity contribution >= 4 is 23.2 Å². The summed E-state index contributed by atoms with van der Waals surface area (Å²) in [5, 5.41) is 5.35. The SMILES string of the molecule is CCCOCC(=O)Nc1cccc(NC(C)=O)c1. The highest BCUT2D eigenvalue weighted by Crippen LogP contribution is 2.14. The fourth-order valence-corrected chi connectivity index (χ4v) is 1.38. The lowest BCUT2D eigenvalue weighted by Gasteiger charge is -2.08. The van der Waals surface area contributed by atoms with Gasteiger partial charge in [-0.05, 0) is 24.6 Å². The van der Waals surface area contributed by atoms with Crippen LogP contribution in [-0.4, -0.2) is 25.0 Å². The van der Waals surface area contributed by atoms with E-state index in [-0.39, 0.29) is 18.4 Å². The van der Waals surface area contributed by atoms with Crippen molar-refractivity contribution in [3.63, 3.8) is 0 Å². The number of carbonyl (C=O) groups is 2. The van der Waals surface area contributed by atoms with Crippen molar-refractivity contribution in [2.75, 3.05) is 23.8 Å². The Kier molecular flexibility index (Phi) is 5.87. The van der Waals surface area contributed by atoms with E-state index in [0.717, 1.165) is 6.42 Å². The van der Waals surface area contributed by atoms with Crippen molar-refractivity contribution in [1.82, 2.24) is 0 Å². The number of benzene rings is 1. The molecule has 0 aliphatic heterocycles. The lowest BCUT2D eigenvalue weighted by atomic mass is 10.2. The number of hydrogen-bond acceptors (Lipinski definition) is 3. The molecule has 0 unspecified atom stereocenters. The van der Waals surface area contributed by atoms with Crippen LogP contribution in [0.4, 0.5) is 11.4 Å². The van der Waals surface area contributed by atoms with Crippen molar-refractivity contribution in [2.24, 2.45) is 0 Å². The summed E-state index contributed by atoms with van der Waals surface area (Å²) in [5.41, 5.74) is 1.28. The minimum atomic E-state index is -0.205. The van der Waals surface area contributed by atoms with Crippen molar-refractivity contribution in [3.05, 3.63) is 24.3 Å². The molecule has 2 amide bonds.